The molecule has 3 heterocycles. The average molecular weight is 628 g/mol. The van der Waals surface area contributed by atoms with Crippen molar-refractivity contribution in [3.05, 3.63) is 102 Å². The van der Waals surface area contributed by atoms with Crippen LogP contribution in [0.5, 0.6) is 11.5 Å². The van der Waals surface area contributed by atoms with Crippen molar-refractivity contribution in [2.45, 2.75) is 71.5 Å². The standard InChI is InChI=1S/C35H42FN5O3Si/c1-34(2,3)45(7,8)44-23-25-17-18-37-29(19-25)30-21-38-33-16-15-32(40-41(30)33)39-35(4,5)28-20-26(36)11-14-31(28)43-22-24-9-12-27(42-6)13-10-24/h9-21H,22-23H2,1-8H3,(H,39,40). The molecule has 0 aliphatic heterocycles. The van der Waals surface area contributed by atoms with Gasteiger partial charge in [0.25, 0.3) is 0 Å². The summed E-state index contributed by atoms with van der Waals surface area (Å²) >= 11 is 0. The summed E-state index contributed by atoms with van der Waals surface area (Å²) in [4.78, 5) is 9.18. The van der Waals surface area contributed by atoms with Crippen LogP contribution < -0.4 is 14.8 Å². The quantitative estimate of drug-likeness (QED) is 0.147. The number of anilines is 1. The Kier molecular flexibility index (Phi) is 9.00. The fourth-order valence-electron chi connectivity index (χ4n) is 4.69. The van der Waals surface area contributed by atoms with Crippen LogP contribution in [-0.4, -0.2) is 35.0 Å². The molecular weight excluding hydrogens is 586 g/mol. The van der Waals surface area contributed by atoms with Gasteiger partial charge in [-0.3, -0.25) is 4.98 Å². The lowest BCUT2D eigenvalue weighted by atomic mass is 9.93. The van der Waals surface area contributed by atoms with Gasteiger partial charge in [-0.2, -0.15) is 0 Å². The molecule has 236 valence electrons. The molecule has 45 heavy (non-hydrogen) atoms. The van der Waals surface area contributed by atoms with Crippen molar-refractivity contribution in [2.24, 2.45) is 0 Å². The first-order chi connectivity index (χ1) is 21.3. The van der Waals surface area contributed by atoms with Crippen LogP contribution in [-0.2, 0) is 23.2 Å². The zero-order chi connectivity index (χ0) is 32.4. The van der Waals surface area contributed by atoms with Gasteiger partial charge in [-0.05, 0) is 97.7 Å². The smallest absolute Gasteiger partial charge is 0.192 e. The largest absolute Gasteiger partial charge is 0.497 e. The van der Waals surface area contributed by atoms with E-state index in [4.69, 9.17) is 19.0 Å². The van der Waals surface area contributed by atoms with Gasteiger partial charge in [-0.25, -0.2) is 13.9 Å². The second kappa shape index (κ2) is 12.6. The fraction of sp³-hybridized carbons (Fsp3) is 0.343. The fourth-order valence-corrected chi connectivity index (χ4v) is 5.65. The van der Waals surface area contributed by atoms with Gasteiger partial charge in [0.15, 0.2) is 14.0 Å². The van der Waals surface area contributed by atoms with Gasteiger partial charge in [-0.15, -0.1) is 5.10 Å². The molecule has 10 heteroatoms. The Labute approximate surface area is 265 Å². The molecule has 0 amide bonds. The van der Waals surface area contributed by atoms with Gasteiger partial charge in [0, 0.05) is 11.8 Å². The molecular formula is C35H42FN5O3Si. The summed E-state index contributed by atoms with van der Waals surface area (Å²) in [6.45, 7) is 16.0. The Morgan fingerprint density at radius 3 is 2.33 bits per heavy atom. The summed E-state index contributed by atoms with van der Waals surface area (Å²) in [5.41, 5.74) is 4.14. The molecule has 2 aromatic carbocycles. The van der Waals surface area contributed by atoms with E-state index in [-0.39, 0.29) is 10.9 Å². The molecule has 1 N–H and O–H groups in total. The van der Waals surface area contributed by atoms with Crippen LogP contribution in [0.25, 0.3) is 17.0 Å². The Bertz CT molecular complexity index is 1780. The third-order valence-electron chi connectivity index (χ3n) is 8.46. The zero-order valence-electron chi connectivity index (χ0n) is 27.3. The van der Waals surface area contributed by atoms with Gasteiger partial charge >= 0.3 is 0 Å². The maximum Gasteiger partial charge on any atom is 0.192 e. The predicted molar refractivity (Wildman–Crippen MR) is 179 cm³/mol. The van der Waals surface area contributed by atoms with Gasteiger partial charge in [0.1, 0.15) is 35.4 Å². The number of halogens is 1. The number of nitrogens with zero attached hydrogens (tertiary/aromatic N) is 4. The Morgan fingerprint density at radius 2 is 1.62 bits per heavy atom. The second-order valence-electron chi connectivity index (χ2n) is 13.3. The van der Waals surface area contributed by atoms with Gasteiger partial charge < -0.3 is 19.2 Å². The molecule has 0 unspecified atom stereocenters. The molecule has 0 bridgehead atoms. The molecule has 0 saturated carbocycles. The summed E-state index contributed by atoms with van der Waals surface area (Å²) in [5.74, 6) is 1.60. The highest BCUT2D eigenvalue weighted by Gasteiger charge is 2.37. The zero-order valence-corrected chi connectivity index (χ0v) is 28.3. The van der Waals surface area contributed by atoms with Crippen LogP contribution >= 0.6 is 0 Å². The van der Waals surface area contributed by atoms with Crippen LogP contribution in [0, 0.1) is 5.82 Å². The van der Waals surface area contributed by atoms with E-state index in [1.165, 1.54) is 12.1 Å². The first kappa shape index (κ1) is 32.1. The van der Waals surface area contributed by atoms with Crippen LogP contribution in [0.4, 0.5) is 10.2 Å². The number of aromatic nitrogens is 4. The minimum Gasteiger partial charge on any atom is -0.497 e. The lowest BCUT2D eigenvalue weighted by molar-refractivity contribution is 0.276. The highest BCUT2D eigenvalue weighted by Crippen LogP contribution is 2.37. The van der Waals surface area contributed by atoms with Crippen LogP contribution in [0.15, 0.2) is 79.1 Å². The first-order valence-electron chi connectivity index (χ1n) is 15.0. The summed E-state index contributed by atoms with van der Waals surface area (Å²) in [6.07, 6.45) is 3.57. The van der Waals surface area contributed by atoms with Crippen LogP contribution in [0.2, 0.25) is 18.1 Å². The number of pyridine rings is 1. The molecule has 3 aromatic heterocycles. The van der Waals surface area contributed by atoms with E-state index in [0.29, 0.717) is 36.0 Å². The maximum absolute atomic E-state index is 14.5. The SMILES string of the molecule is COc1ccc(COc2ccc(F)cc2C(C)(C)Nc2ccc3ncc(-c4cc(CO[Si](C)(C)C(C)(C)C)ccn4)n3n2)cc1. The van der Waals surface area contributed by atoms with Crippen molar-refractivity contribution in [3.8, 4) is 22.9 Å². The van der Waals surface area contributed by atoms with E-state index < -0.39 is 13.9 Å². The number of imidazole rings is 1. The van der Waals surface area contributed by atoms with Crippen molar-refractivity contribution in [3.63, 3.8) is 0 Å². The summed E-state index contributed by atoms with van der Waals surface area (Å²) < 4.78 is 34.2. The predicted octanol–water partition coefficient (Wildman–Crippen LogP) is 8.39. The minimum absolute atomic E-state index is 0.126. The highest BCUT2D eigenvalue weighted by atomic mass is 28.4. The molecule has 0 radical (unpaired) electrons. The van der Waals surface area contributed by atoms with Crippen molar-refractivity contribution < 1.29 is 18.3 Å². The molecule has 5 aromatic rings. The number of ether oxygens (including phenoxy) is 2. The van der Waals surface area contributed by atoms with E-state index in [9.17, 15) is 4.39 Å². The number of hydrogen-bond acceptors (Lipinski definition) is 7. The van der Waals surface area contributed by atoms with Crippen LogP contribution in [0.1, 0.15) is 51.3 Å². The molecule has 0 aliphatic rings. The van der Waals surface area contributed by atoms with E-state index in [0.717, 1.165) is 28.3 Å². The Morgan fingerprint density at radius 1 is 0.867 bits per heavy atom. The van der Waals surface area contributed by atoms with Crippen molar-refractivity contribution >= 4 is 19.8 Å². The average Bonchev–Trinajstić information content (AvgIpc) is 3.42. The van der Waals surface area contributed by atoms with Gasteiger partial charge in [0.2, 0.25) is 0 Å². The number of benzene rings is 2. The maximum atomic E-state index is 14.5. The molecule has 8 nitrogen and oxygen atoms in total. The Hall–Kier alpha value is -4.28. The van der Waals surface area contributed by atoms with E-state index >= 15 is 0 Å². The van der Waals surface area contributed by atoms with Gasteiger partial charge in [0.05, 0.1) is 31.1 Å². The minimum atomic E-state index is -1.90. The number of nitrogens with one attached hydrogen (secondary N) is 1. The molecule has 0 saturated heterocycles. The lowest BCUT2D eigenvalue weighted by Gasteiger charge is -2.36. The Balaban J connectivity index is 1.37. The van der Waals surface area contributed by atoms with E-state index in [1.54, 1.807) is 30.1 Å². The highest BCUT2D eigenvalue weighted by molar-refractivity contribution is 6.74. The topological polar surface area (TPSA) is 82.8 Å². The summed E-state index contributed by atoms with van der Waals surface area (Å²) in [7, 11) is -0.271. The first-order valence-corrected chi connectivity index (χ1v) is 17.9. The normalized spacial score (nSPS) is 12.4. The molecule has 0 spiro atoms. The number of methoxy groups -OCH3 is 1. The van der Waals surface area contributed by atoms with E-state index in [2.05, 4.69) is 49.1 Å². The molecule has 5 rings (SSSR count). The van der Waals surface area contributed by atoms with E-state index in [1.807, 2.05) is 62.4 Å². The number of hydrogen-bond donors (Lipinski definition) is 1. The third-order valence-corrected chi connectivity index (χ3v) is 12.9. The van der Waals surface area contributed by atoms with Gasteiger partial charge in [-0.1, -0.05) is 32.9 Å². The van der Waals surface area contributed by atoms with Crippen molar-refractivity contribution in [1.29, 1.82) is 0 Å². The third kappa shape index (κ3) is 7.34. The lowest BCUT2D eigenvalue weighted by Crippen LogP contribution is -2.40. The van der Waals surface area contributed by atoms with Crippen LogP contribution in [0.3, 0.4) is 0 Å². The van der Waals surface area contributed by atoms with Crippen molar-refractivity contribution in [1.82, 2.24) is 19.6 Å². The summed E-state index contributed by atoms with van der Waals surface area (Å²) in [5, 5.41) is 8.47. The molecule has 0 fully saturated rings. The number of fused-ring (bicyclic) bond motifs is 1. The van der Waals surface area contributed by atoms with Crippen molar-refractivity contribution in [2.75, 3.05) is 12.4 Å². The molecule has 0 atom stereocenters. The summed E-state index contributed by atoms with van der Waals surface area (Å²) in [6, 6.07) is 20.0. The molecule has 0 aliphatic carbocycles. The number of rotatable bonds is 11. The second-order valence-corrected chi connectivity index (χ2v) is 18.1. The monoisotopic (exact) mass is 627 g/mol.